The fourth-order valence-corrected chi connectivity index (χ4v) is 1.61. The van der Waals surface area contributed by atoms with Crippen molar-refractivity contribution in [2.75, 3.05) is 18.3 Å². The summed E-state index contributed by atoms with van der Waals surface area (Å²) in [6.07, 6.45) is 0. The number of carbonyl (C=O) groups is 2. The molecule has 7 nitrogen and oxygen atoms in total. The maximum Gasteiger partial charge on any atom is 0.362 e. The number of anilines is 1. The number of nitrogens with one attached hydrogen (secondary N) is 1. The number of esters is 1. The third-order valence-electron chi connectivity index (χ3n) is 2.43. The Morgan fingerprint density at radius 2 is 2.05 bits per heavy atom. The number of aromatic nitrogens is 3. The molecule has 0 unspecified atom stereocenters. The van der Waals surface area contributed by atoms with Gasteiger partial charge in [-0.15, -0.1) is 16.7 Å². The lowest BCUT2D eigenvalue weighted by atomic mass is 10.3. The van der Waals surface area contributed by atoms with Crippen molar-refractivity contribution >= 4 is 29.3 Å². The molecule has 20 heavy (non-hydrogen) atoms. The van der Waals surface area contributed by atoms with E-state index in [4.69, 9.17) is 11.6 Å². The highest BCUT2D eigenvalue weighted by Gasteiger charge is 2.22. The monoisotopic (exact) mass is 294 g/mol. The molecule has 1 amide bonds. The molecule has 104 valence electrons. The molecular weight excluding hydrogens is 284 g/mol. The highest BCUT2D eigenvalue weighted by atomic mass is 35.5. The average molecular weight is 295 g/mol. The fraction of sp³-hybridized carbons (Fsp3) is 0.167. The fourth-order valence-electron chi connectivity index (χ4n) is 1.54. The molecule has 0 aliphatic heterocycles. The van der Waals surface area contributed by atoms with Crippen LogP contribution >= 0.6 is 11.6 Å². The molecule has 1 aromatic carbocycles. The third-order valence-corrected chi connectivity index (χ3v) is 2.67. The third kappa shape index (κ3) is 2.77. The van der Waals surface area contributed by atoms with Crippen molar-refractivity contribution < 1.29 is 14.3 Å². The molecule has 0 aliphatic carbocycles. The van der Waals surface area contributed by atoms with Gasteiger partial charge in [0, 0.05) is 0 Å². The lowest BCUT2D eigenvalue weighted by molar-refractivity contribution is -0.114. The molecule has 0 spiro atoms. The molecule has 8 heteroatoms. The van der Waals surface area contributed by atoms with Crippen LogP contribution in [0.5, 0.6) is 0 Å². The van der Waals surface area contributed by atoms with Crippen molar-refractivity contribution in [3.63, 3.8) is 0 Å². The lowest BCUT2D eigenvalue weighted by Gasteiger charge is -2.07. The topological polar surface area (TPSA) is 86.1 Å². The number of halogens is 1. The van der Waals surface area contributed by atoms with E-state index < -0.39 is 11.9 Å². The van der Waals surface area contributed by atoms with Crippen molar-refractivity contribution in [1.29, 1.82) is 0 Å². The van der Waals surface area contributed by atoms with Crippen LogP contribution in [0.3, 0.4) is 0 Å². The zero-order chi connectivity index (χ0) is 14.5. The second-order valence-corrected chi connectivity index (χ2v) is 3.97. The minimum absolute atomic E-state index is 0.0881. The summed E-state index contributed by atoms with van der Waals surface area (Å²) in [6.45, 7) is 0. The number of ether oxygens (including phenoxy) is 1. The number of hydrogen-bond donors (Lipinski definition) is 1. The Hall–Kier alpha value is -2.41. The normalized spacial score (nSPS) is 10.1. The molecule has 0 atom stereocenters. The number of carbonyl (C=O) groups excluding carboxylic acids is 2. The second-order valence-electron chi connectivity index (χ2n) is 3.71. The summed E-state index contributed by atoms with van der Waals surface area (Å²) in [5, 5.41) is 10.1. The Balaban J connectivity index is 2.49. The van der Waals surface area contributed by atoms with E-state index in [-0.39, 0.29) is 17.4 Å². The highest BCUT2D eigenvalue weighted by Crippen LogP contribution is 2.18. The molecular formula is C12H11ClN4O3. The van der Waals surface area contributed by atoms with Gasteiger partial charge in [0.05, 0.1) is 12.8 Å². The summed E-state index contributed by atoms with van der Waals surface area (Å²) in [5.74, 6) is -1.30. The summed E-state index contributed by atoms with van der Waals surface area (Å²) in [6, 6.07) is 8.93. The maximum absolute atomic E-state index is 11.6. The minimum atomic E-state index is -0.697. The number of alkyl halides is 1. The molecule has 0 saturated heterocycles. The SMILES string of the molecule is COC(=O)c1nnn(-c2ccccc2)c1NC(=O)CCl. The van der Waals surface area contributed by atoms with Gasteiger partial charge in [-0.2, -0.15) is 4.68 Å². The number of amides is 1. The van der Waals surface area contributed by atoms with Gasteiger partial charge < -0.3 is 10.1 Å². The standard InChI is InChI=1S/C12H11ClN4O3/c1-20-12(19)10-11(14-9(18)7-13)17(16-15-10)8-5-3-2-4-6-8/h2-6H,7H2,1H3,(H,14,18). The van der Waals surface area contributed by atoms with Gasteiger partial charge >= 0.3 is 5.97 Å². The van der Waals surface area contributed by atoms with Crippen LogP contribution in [0.25, 0.3) is 5.69 Å². The quantitative estimate of drug-likeness (QED) is 0.677. The van der Waals surface area contributed by atoms with Crippen LogP contribution in [-0.2, 0) is 9.53 Å². The molecule has 1 N–H and O–H groups in total. The molecule has 1 aromatic heterocycles. The van der Waals surface area contributed by atoms with Gasteiger partial charge in [0.1, 0.15) is 5.88 Å². The lowest BCUT2D eigenvalue weighted by Crippen LogP contribution is -2.18. The van der Waals surface area contributed by atoms with E-state index in [1.54, 1.807) is 24.3 Å². The van der Waals surface area contributed by atoms with Crippen LogP contribution in [0.4, 0.5) is 5.82 Å². The minimum Gasteiger partial charge on any atom is -0.464 e. The Labute approximate surface area is 119 Å². The van der Waals surface area contributed by atoms with Gasteiger partial charge in [-0.25, -0.2) is 4.79 Å². The van der Waals surface area contributed by atoms with Gasteiger partial charge in [0.15, 0.2) is 5.82 Å². The first-order valence-electron chi connectivity index (χ1n) is 5.62. The van der Waals surface area contributed by atoms with Gasteiger partial charge in [-0.05, 0) is 12.1 Å². The predicted molar refractivity (Wildman–Crippen MR) is 72.0 cm³/mol. The molecule has 0 fully saturated rings. The molecule has 0 aliphatic rings. The van der Waals surface area contributed by atoms with E-state index in [1.165, 1.54) is 11.8 Å². The molecule has 0 radical (unpaired) electrons. The molecule has 1 heterocycles. The number of para-hydroxylation sites is 1. The summed E-state index contributed by atoms with van der Waals surface area (Å²) >= 11 is 5.45. The smallest absolute Gasteiger partial charge is 0.362 e. The van der Waals surface area contributed by atoms with Gasteiger partial charge in [0.2, 0.25) is 11.6 Å². The van der Waals surface area contributed by atoms with Crippen molar-refractivity contribution in [1.82, 2.24) is 15.0 Å². The second kappa shape index (κ2) is 6.16. The number of rotatable bonds is 4. The molecule has 0 saturated carbocycles. The largest absolute Gasteiger partial charge is 0.464 e. The first-order valence-corrected chi connectivity index (χ1v) is 6.16. The number of hydrogen-bond acceptors (Lipinski definition) is 5. The Kier molecular flexibility index (Phi) is 4.31. The van der Waals surface area contributed by atoms with E-state index in [0.717, 1.165) is 0 Å². The Bertz CT molecular complexity index is 627. The van der Waals surface area contributed by atoms with Crippen LogP contribution in [0, 0.1) is 0 Å². The van der Waals surface area contributed by atoms with Gasteiger partial charge in [-0.3, -0.25) is 4.79 Å². The van der Waals surface area contributed by atoms with Gasteiger partial charge in [0.25, 0.3) is 0 Å². The van der Waals surface area contributed by atoms with E-state index >= 15 is 0 Å². The molecule has 2 aromatic rings. The van der Waals surface area contributed by atoms with Crippen LogP contribution in [0.2, 0.25) is 0 Å². The van der Waals surface area contributed by atoms with Crippen molar-refractivity contribution in [2.45, 2.75) is 0 Å². The summed E-state index contributed by atoms with van der Waals surface area (Å²) < 4.78 is 5.93. The van der Waals surface area contributed by atoms with Crippen molar-refractivity contribution in [3.05, 3.63) is 36.0 Å². The predicted octanol–water partition coefficient (Wildman–Crippen LogP) is 1.23. The first-order chi connectivity index (χ1) is 9.67. The molecule has 2 rings (SSSR count). The van der Waals surface area contributed by atoms with E-state index in [2.05, 4.69) is 20.4 Å². The zero-order valence-corrected chi connectivity index (χ0v) is 11.3. The van der Waals surface area contributed by atoms with Crippen LogP contribution in [0.1, 0.15) is 10.5 Å². The van der Waals surface area contributed by atoms with Gasteiger partial charge in [-0.1, -0.05) is 23.4 Å². The number of methoxy groups -OCH3 is 1. The average Bonchev–Trinajstić information content (AvgIpc) is 2.90. The van der Waals surface area contributed by atoms with E-state index in [9.17, 15) is 9.59 Å². The first kappa shape index (κ1) is 14.0. The summed E-state index contributed by atoms with van der Waals surface area (Å²) in [7, 11) is 1.22. The maximum atomic E-state index is 11.6. The van der Waals surface area contributed by atoms with E-state index in [1.807, 2.05) is 6.07 Å². The highest BCUT2D eigenvalue weighted by molar-refractivity contribution is 6.29. The summed E-state index contributed by atoms with van der Waals surface area (Å²) in [5.41, 5.74) is 0.551. The summed E-state index contributed by atoms with van der Waals surface area (Å²) in [4.78, 5) is 23.1. The Morgan fingerprint density at radius 3 is 2.65 bits per heavy atom. The zero-order valence-electron chi connectivity index (χ0n) is 10.5. The Morgan fingerprint density at radius 1 is 1.35 bits per heavy atom. The van der Waals surface area contributed by atoms with E-state index in [0.29, 0.717) is 5.69 Å². The number of nitrogens with zero attached hydrogens (tertiary/aromatic N) is 3. The van der Waals surface area contributed by atoms with Crippen molar-refractivity contribution in [3.8, 4) is 5.69 Å². The molecule has 0 bridgehead atoms. The van der Waals surface area contributed by atoms with Crippen LogP contribution < -0.4 is 5.32 Å². The van der Waals surface area contributed by atoms with Crippen molar-refractivity contribution in [2.24, 2.45) is 0 Å². The van der Waals surface area contributed by atoms with Crippen LogP contribution in [-0.4, -0.2) is 39.9 Å². The number of benzene rings is 1. The van der Waals surface area contributed by atoms with Crippen LogP contribution in [0.15, 0.2) is 30.3 Å².